The van der Waals surface area contributed by atoms with Gasteiger partial charge in [-0.1, -0.05) is 12.8 Å². The van der Waals surface area contributed by atoms with Gasteiger partial charge in [-0.25, -0.2) is 4.79 Å². The second kappa shape index (κ2) is 6.26. The molecule has 0 amide bonds. The number of aryl methyl sites for hydroxylation is 1. The van der Waals surface area contributed by atoms with Gasteiger partial charge in [-0.3, -0.25) is 14.3 Å². The number of aliphatic hydroxyl groups is 3. The molecule has 116 valence electrons. The number of terminal acetylenes is 1. The summed E-state index contributed by atoms with van der Waals surface area (Å²) in [6.45, 7) is 4.12. The summed E-state index contributed by atoms with van der Waals surface area (Å²) in [6, 6.07) is 0.187. The summed E-state index contributed by atoms with van der Waals surface area (Å²) >= 11 is 0. The van der Waals surface area contributed by atoms with Gasteiger partial charge in [-0.2, -0.15) is 0 Å². The molecule has 0 fully saturated rings. The number of aromatic nitrogens is 2. The molecule has 2 unspecified atom stereocenters. The van der Waals surface area contributed by atoms with E-state index in [2.05, 4.69) is 10.9 Å². The Morgan fingerprint density at radius 3 is 2.48 bits per heavy atom. The summed E-state index contributed by atoms with van der Waals surface area (Å²) in [4.78, 5) is 25.2. The van der Waals surface area contributed by atoms with E-state index in [0.717, 1.165) is 4.57 Å². The lowest BCUT2D eigenvalue weighted by molar-refractivity contribution is -0.0938. The molecule has 0 saturated carbocycles. The lowest BCUT2D eigenvalue weighted by Crippen LogP contribution is -2.53. The molecule has 1 heterocycles. The topological polar surface area (TPSA) is 116 Å². The highest BCUT2D eigenvalue weighted by Gasteiger charge is 2.43. The minimum atomic E-state index is -2.07. The molecule has 21 heavy (non-hydrogen) atoms. The van der Waals surface area contributed by atoms with Crippen LogP contribution in [0.4, 0.5) is 0 Å². The highest BCUT2D eigenvalue weighted by atomic mass is 16.3. The molecule has 0 saturated heterocycles. The fourth-order valence-electron chi connectivity index (χ4n) is 2.29. The van der Waals surface area contributed by atoms with Gasteiger partial charge in [0.2, 0.25) is 0 Å². The van der Waals surface area contributed by atoms with E-state index in [-0.39, 0.29) is 6.61 Å². The number of nitrogens with one attached hydrogen (secondary N) is 1. The fraction of sp³-hybridized carbons (Fsp3) is 0.571. The molecule has 0 bridgehead atoms. The normalized spacial score (nSPS) is 18.3. The zero-order valence-corrected chi connectivity index (χ0v) is 12.2. The van der Waals surface area contributed by atoms with Crippen molar-refractivity contribution in [3.63, 3.8) is 0 Å². The van der Waals surface area contributed by atoms with E-state index in [1.165, 1.54) is 26.8 Å². The van der Waals surface area contributed by atoms with E-state index in [0.29, 0.717) is 5.69 Å². The average Bonchev–Trinajstić information content (AvgIpc) is 2.43. The van der Waals surface area contributed by atoms with Crippen LogP contribution in [0.3, 0.4) is 0 Å². The summed E-state index contributed by atoms with van der Waals surface area (Å²) in [5.41, 5.74) is -3.07. The van der Waals surface area contributed by atoms with Crippen molar-refractivity contribution in [3.8, 4) is 12.3 Å². The van der Waals surface area contributed by atoms with Gasteiger partial charge in [-0.15, -0.1) is 6.42 Å². The standard InChI is InChI=1S/C14H20N2O5/c1-5-14(21,12(19)8(2)7-17)10(4)16-9(3)6-11(18)15-13(16)20/h1,6,8,10,12,17,19,21H,7H2,2-4H3,(H,15,18,20)/t8-,10-,12?,14?/m1/s1. The van der Waals surface area contributed by atoms with E-state index in [9.17, 15) is 19.8 Å². The van der Waals surface area contributed by atoms with Gasteiger partial charge in [0.1, 0.15) is 6.10 Å². The van der Waals surface area contributed by atoms with Crippen LogP contribution in [0.2, 0.25) is 0 Å². The van der Waals surface area contributed by atoms with Crippen molar-refractivity contribution in [1.82, 2.24) is 9.55 Å². The minimum Gasteiger partial charge on any atom is -0.396 e. The van der Waals surface area contributed by atoms with Crippen LogP contribution in [-0.2, 0) is 0 Å². The van der Waals surface area contributed by atoms with E-state index < -0.39 is 34.9 Å². The second-order valence-electron chi connectivity index (χ2n) is 5.20. The van der Waals surface area contributed by atoms with Crippen LogP contribution in [0.1, 0.15) is 25.6 Å². The predicted molar refractivity (Wildman–Crippen MR) is 76.8 cm³/mol. The quantitative estimate of drug-likeness (QED) is 0.507. The monoisotopic (exact) mass is 296 g/mol. The molecule has 0 spiro atoms. The molecule has 1 aromatic rings. The highest BCUT2D eigenvalue weighted by molar-refractivity contribution is 5.18. The largest absolute Gasteiger partial charge is 0.396 e. The first kappa shape index (κ1) is 17.2. The molecular weight excluding hydrogens is 276 g/mol. The first-order valence-electron chi connectivity index (χ1n) is 6.50. The number of hydrogen-bond acceptors (Lipinski definition) is 5. The average molecular weight is 296 g/mol. The Morgan fingerprint density at radius 2 is 2.05 bits per heavy atom. The van der Waals surface area contributed by atoms with Crippen molar-refractivity contribution < 1.29 is 15.3 Å². The van der Waals surface area contributed by atoms with Crippen LogP contribution >= 0.6 is 0 Å². The van der Waals surface area contributed by atoms with Crippen molar-refractivity contribution in [3.05, 3.63) is 32.6 Å². The highest BCUT2D eigenvalue weighted by Crippen LogP contribution is 2.29. The Bertz CT molecular complexity index is 657. The molecular formula is C14H20N2O5. The molecule has 0 aliphatic rings. The third-order valence-electron chi connectivity index (χ3n) is 3.70. The Morgan fingerprint density at radius 1 is 1.48 bits per heavy atom. The third kappa shape index (κ3) is 3.08. The maximum absolute atomic E-state index is 11.9. The number of nitrogens with zero attached hydrogens (tertiary/aromatic N) is 1. The first-order valence-corrected chi connectivity index (χ1v) is 6.50. The summed E-state index contributed by atoms with van der Waals surface area (Å²) in [5.74, 6) is 1.42. The number of H-pyrrole nitrogens is 1. The zero-order valence-electron chi connectivity index (χ0n) is 12.2. The van der Waals surface area contributed by atoms with E-state index in [4.69, 9.17) is 11.5 Å². The molecule has 7 heteroatoms. The van der Waals surface area contributed by atoms with Crippen LogP contribution in [0, 0.1) is 25.2 Å². The predicted octanol–water partition coefficient (Wildman–Crippen LogP) is -1.24. The number of aliphatic hydroxyl groups excluding tert-OH is 2. The van der Waals surface area contributed by atoms with Gasteiger partial charge in [0.25, 0.3) is 5.56 Å². The number of aromatic amines is 1. The zero-order chi connectivity index (χ0) is 16.4. The van der Waals surface area contributed by atoms with Crippen LogP contribution in [-0.4, -0.2) is 43.2 Å². The summed E-state index contributed by atoms with van der Waals surface area (Å²) in [7, 11) is 0. The van der Waals surface area contributed by atoms with Gasteiger partial charge >= 0.3 is 5.69 Å². The summed E-state index contributed by atoms with van der Waals surface area (Å²) < 4.78 is 1.11. The smallest absolute Gasteiger partial charge is 0.328 e. The van der Waals surface area contributed by atoms with Crippen LogP contribution < -0.4 is 11.2 Å². The van der Waals surface area contributed by atoms with Gasteiger partial charge in [-0.05, 0) is 13.8 Å². The molecule has 0 aliphatic heterocycles. The van der Waals surface area contributed by atoms with Gasteiger partial charge in [0.15, 0.2) is 5.60 Å². The Balaban J connectivity index is 3.40. The fourth-order valence-corrected chi connectivity index (χ4v) is 2.29. The molecule has 1 rings (SSSR count). The molecule has 4 N–H and O–H groups in total. The Hall–Kier alpha value is -1.88. The minimum absolute atomic E-state index is 0.300. The second-order valence-corrected chi connectivity index (χ2v) is 5.20. The SMILES string of the molecule is C#CC(O)(C(O)[C@H](C)CO)[C@@H](C)n1c(C)cc(=O)[nH]c1=O. The maximum Gasteiger partial charge on any atom is 0.328 e. The van der Waals surface area contributed by atoms with Crippen LogP contribution in [0.15, 0.2) is 15.7 Å². The van der Waals surface area contributed by atoms with E-state index in [1.807, 2.05) is 0 Å². The summed E-state index contributed by atoms with van der Waals surface area (Å²) in [6.07, 6.45) is 3.90. The molecule has 0 aromatic carbocycles. The van der Waals surface area contributed by atoms with E-state index in [1.54, 1.807) is 0 Å². The summed E-state index contributed by atoms with van der Waals surface area (Å²) in [5, 5.41) is 29.9. The van der Waals surface area contributed by atoms with Crippen molar-refractivity contribution in [2.75, 3.05) is 6.61 Å². The van der Waals surface area contributed by atoms with Gasteiger partial charge in [0, 0.05) is 24.3 Å². The Kier molecular flexibility index (Phi) is 5.12. The third-order valence-corrected chi connectivity index (χ3v) is 3.70. The maximum atomic E-state index is 11.9. The lowest BCUT2D eigenvalue weighted by Gasteiger charge is -2.37. The Labute approximate surface area is 121 Å². The molecule has 7 nitrogen and oxygen atoms in total. The van der Waals surface area contributed by atoms with Gasteiger partial charge in [0.05, 0.1) is 6.04 Å². The van der Waals surface area contributed by atoms with Crippen LogP contribution in [0.5, 0.6) is 0 Å². The number of rotatable bonds is 5. The van der Waals surface area contributed by atoms with Crippen molar-refractivity contribution in [1.29, 1.82) is 0 Å². The molecule has 4 atom stereocenters. The van der Waals surface area contributed by atoms with E-state index >= 15 is 0 Å². The van der Waals surface area contributed by atoms with Crippen molar-refractivity contribution >= 4 is 0 Å². The molecule has 0 aliphatic carbocycles. The van der Waals surface area contributed by atoms with Crippen molar-refractivity contribution in [2.45, 2.75) is 38.5 Å². The van der Waals surface area contributed by atoms with Gasteiger partial charge < -0.3 is 15.3 Å². The van der Waals surface area contributed by atoms with Crippen LogP contribution in [0.25, 0.3) is 0 Å². The first-order chi connectivity index (χ1) is 9.68. The lowest BCUT2D eigenvalue weighted by atomic mass is 9.83. The van der Waals surface area contributed by atoms with Crippen molar-refractivity contribution in [2.24, 2.45) is 5.92 Å². The number of hydrogen-bond donors (Lipinski definition) is 4. The molecule has 1 aromatic heterocycles. The molecule has 0 radical (unpaired) electrons.